The quantitative estimate of drug-likeness (QED) is 0.646. The van der Waals surface area contributed by atoms with Crippen molar-refractivity contribution in [2.45, 2.75) is 37.9 Å². The second-order valence-corrected chi connectivity index (χ2v) is 5.60. The minimum atomic E-state index is -3.75. The Kier molecular flexibility index (Phi) is 5.27. The Morgan fingerprint density at radius 3 is 2.72 bits per heavy atom. The molecule has 0 spiro atoms. The molecule has 1 atom stereocenters. The molecule has 0 saturated carbocycles. The van der Waals surface area contributed by atoms with Crippen LogP contribution in [0.4, 0.5) is 0 Å². The van der Waals surface area contributed by atoms with Crippen molar-refractivity contribution in [1.82, 2.24) is 14.9 Å². The predicted octanol–water partition coefficient (Wildman–Crippen LogP) is -0.0863. The molecule has 3 N–H and O–H groups in total. The Morgan fingerprint density at radius 2 is 2.22 bits per heavy atom. The molecule has 0 aliphatic carbocycles. The van der Waals surface area contributed by atoms with Crippen LogP contribution in [0.5, 0.6) is 0 Å². The van der Waals surface area contributed by atoms with Gasteiger partial charge in [-0.3, -0.25) is 5.10 Å². The smallest absolute Gasteiger partial charge is 0.260 e. The number of methoxy groups -OCH3 is 1. The summed E-state index contributed by atoms with van der Waals surface area (Å²) in [5.41, 5.74) is 0.826. The Balaban J connectivity index is 2.98. The van der Waals surface area contributed by atoms with Gasteiger partial charge in [0.1, 0.15) is 0 Å². The standard InChI is InChI=1S/C10H19N3O4S/c1-4-8(6-17-3)13-18(15,16)10-9(5-14)7(2)11-12-10/h8,13-14H,4-6H2,1-3H3,(H,11,12). The summed E-state index contributed by atoms with van der Waals surface area (Å²) in [6, 6.07) is -0.316. The average Bonchev–Trinajstić information content (AvgIpc) is 2.70. The summed E-state index contributed by atoms with van der Waals surface area (Å²) in [5, 5.41) is 15.3. The van der Waals surface area contributed by atoms with Crippen molar-refractivity contribution in [1.29, 1.82) is 0 Å². The maximum atomic E-state index is 12.1. The first-order chi connectivity index (χ1) is 8.46. The van der Waals surface area contributed by atoms with Crippen molar-refractivity contribution in [2.75, 3.05) is 13.7 Å². The summed E-state index contributed by atoms with van der Waals surface area (Å²) < 4.78 is 31.7. The van der Waals surface area contributed by atoms with E-state index in [9.17, 15) is 8.42 Å². The van der Waals surface area contributed by atoms with Gasteiger partial charge < -0.3 is 9.84 Å². The van der Waals surface area contributed by atoms with Crippen LogP contribution in [0.15, 0.2) is 5.03 Å². The summed E-state index contributed by atoms with van der Waals surface area (Å²) in [5.74, 6) is 0. The van der Waals surface area contributed by atoms with Crippen molar-refractivity contribution in [2.24, 2.45) is 0 Å². The number of H-pyrrole nitrogens is 1. The number of aryl methyl sites for hydroxylation is 1. The van der Waals surface area contributed by atoms with Crippen molar-refractivity contribution >= 4 is 10.0 Å². The first-order valence-electron chi connectivity index (χ1n) is 5.62. The van der Waals surface area contributed by atoms with E-state index < -0.39 is 10.0 Å². The number of aliphatic hydroxyl groups excluding tert-OH is 1. The first kappa shape index (κ1) is 15.1. The number of aromatic amines is 1. The van der Waals surface area contributed by atoms with Crippen LogP contribution in [0, 0.1) is 6.92 Å². The van der Waals surface area contributed by atoms with Gasteiger partial charge in [0.05, 0.1) is 13.2 Å². The van der Waals surface area contributed by atoms with Gasteiger partial charge in [0, 0.05) is 24.4 Å². The molecule has 0 amide bonds. The minimum absolute atomic E-state index is 0.156. The van der Waals surface area contributed by atoms with Gasteiger partial charge in [0.2, 0.25) is 0 Å². The number of sulfonamides is 1. The van der Waals surface area contributed by atoms with E-state index in [1.165, 1.54) is 7.11 Å². The molecule has 1 unspecified atom stereocenters. The van der Waals surface area contributed by atoms with E-state index >= 15 is 0 Å². The fraction of sp³-hybridized carbons (Fsp3) is 0.700. The minimum Gasteiger partial charge on any atom is -0.392 e. The van der Waals surface area contributed by atoms with E-state index in [4.69, 9.17) is 9.84 Å². The monoisotopic (exact) mass is 277 g/mol. The Labute approximate surface area is 107 Å². The molecule has 0 aliphatic heterocycles. The van der Waals surface area contributed by atoms with Crippen molar-refractivity contribution < 1.29 is 18.3 Å². The maximum absolute atomic E-state index is 12.1. The lowest BCUT2D eigenvalue weighted by molar-refractivity contribution is 0.173. The van der Waals surface area contributed by atoms with Gasteiger partial charge in [-0.2, -0.15) is 5.10 Å². The van der Waals surface area contributed by atoms with Crippen LogP contribution >= 0.6 is 0 Å². The largest absolute Gasteiger partial charge is 0.392 e. The molecule has 0 fully saturated rings. The van der Waals surface area contributed by atoms with Gasteiger partial charge in [0.15, 0.2) is 5.03 Å². The molecule has 18 heavy (non-hydrogen) atoms. The zero-order valence-corrected chi connectivity index (χ0v) is 11.5. The number of nitrogens with one attached hydrogen (secondary N) is 2. The lowest BCUT2D eigenvalue weighted by Crippen LogP contribution is -2.38. The van der Waals surface area contributed by atoms with Crippen LogP contribution < -0.4 is 4.72 Å². The normalized spacial score (nSPS) is 13.8. The molecular weight excluding hydrogens is 258 g/mol. The van der Waals surface area contributed by atoms with Crippen molar-refractivity contribution in [3.63, 3.8) is 0 Å². The lowest BCUT2D eigenvalue weighted by atomic mass is 10.3. The SMILES string of the molecule is CCC(COC)NS(=O)(=O)c1n[nH]c(C)c1CO. The predicted molar refractivity (Wildman–Crippen MR) is 65.5 cm³/mol. The van der Waals surface area contributed by atoms with Crippen molar-refractivity contribution in [3.05, 3.63) is 11.3 Å². The number of aliphatic hydroxyl groups is 1. The number of rotatable bonds is 7. The molecule has 0 bridgehead atoms. The zero-order chi connectivity index (χ0) is 13.8. The summed E-state index contributed by atoms with van der Waals surface area (Å²) in [7, 11) is -2.24. The third-order valence-electron chi connectivity index (χ3n) is 2.63. The molecule has 0 saturated heterocycles. The number of ether oxygens (including phenoxy) is 1. The zero-order valence-electron chi connectivity index (χ0n) is 10.7. The van der Waals surface area contributed by atoms with Gasteiger partial charge in [-0.05, 0) is 13.3 Å². The highest BCUT2D eigenvalue weighted by atomic mass is 32.2. The van der Waals surface area contributed by atoms with Crippen LogP contribution in [0.2, 0.25) is 0 Å². The third-order valence-corrected chi connectivity index (χ3v) is 4.12. The molecular formula is C10H19N3O4S. The third kappa shape index (κ3) is 3.29. The fourth-order valence-electron chi connectivity index (χ4n) is 1.55. The van der Waals surface area contributed by atoms with Crippen LogP contribution in [-0.2, 0) is 21.4 Å². The number of hydrogen-bond donors (Lipinski definition) is 3. The van der Waals surface area contributed by atoms with Crippen LogP contribution in [-0.4, -0.2) is 43.5 Å². The van der Waals surface area contributed by atoms with E-state index in [2.05, 4.69) is 14.9 Å². The molecule has 1 rings (SSSR count). The van der Waals surface area contributed by atoms with Gasteiger partial charge in [-0.1, -0.05) is 6.92 Å². The number of nitrogens with zero attached hydrogens (tertiary/aromatic N) is 1. The van der Waals surface area contributed by atoms with Gasteiger partial charge >= 0.3 is 0 Å². The second kappa shape index (κ2) is 6.28. The highest BCUT2D eigenvalue weighted by Crippen LogP contribution is 2.16. The summed E-state index contributed by atoms with van der Waals surface area (Å²) in [6.07, 6.45) is 0.602. The second-order valence-electron chi connectivity index (χ2n) is 3.97. The molecule has 0 aliphatic rings. The van der Waals surface area contributed by atoms with Gasteiger partial charge in [-0.25, -0.2) is 13.1 Å². The number of aromatic nitrogens is 2. The molecule has 1 aromatic rings. The Morgan fingerprint density at radius 1 is 1.56 bits per heavy atom. The van der Waals surface area contributed by atoms with Gasteiger partial charge in [-0.15, -0.1) is 0 Å². The topological polar surface area (TPSA) is 104 Å². The van der Waals surface area contributed by atoms with Crippen LogP contribution in [0.25, 0.3) is 0 Å². The van der Waals surface area contributed by atoms with Gasteiger partial charge in [0.25, 0.3) is 10.0 Å². The fourth-order valence-corrected chi connectivity index (χ4v) is 3.04. The highest BCUT2D eigenvalue weighted by Gasteiger charge is 2.25. The van der Waals surface area contributed by atoms with E-state index in [-0.39, 0.29) is 29.8 Å². The van der Waals surface area contributed by atoms with E-state index in [0.29, 0.717) is 12.1 Å². The summed E-state index contributed by atoms with van der Waals surface area (Å²) in [6.45, 7) is 3.42. The molecule has 8 heteroatoms. The van der Waals surface area contributed by atoms with Crippen molar-refractivity contribution in [3.8, 4) is 0 Å². The molecule has 0 radical (unpaired) electrons. The van der Waals surface area contributed by atoms with E-state index in [1.807, 2.05) is 6.92 Å². The van der Waals surface area contributed by atoms with Crippen LogP contribution in [0.3, 0.4) is 0 Å². The first-order valence-corrected chi connectivity index (χ1v) is 7.10. The molecule has 0 aromatic carbocycles. The maximum Gasteiger partial charge on any atom is 0.260 e. The molecule has 1 heterocycles. The number of hydrogen-bond acceptors (Lipinski definition) is 5. The Hall–Kier alpha value is -0.960. The van der Waals surface area contributed by atoms with Crippen LogP contribution in [0.1, 0.15) is 24.6 Å². The Bertz CT molecular complexity index is 483. The van der Waals surface area contributed by atoms with E-state index in [1.54, 1.807) is 6.92 Å². The molecule has 104 valence electrons. The van der Waals surface area contributed by atoms with E-state index in [0.717, 1.165) is 0 Å². The molecule has 1 aromatic heterocycles. The summed E-state index contributed by atoms with van der Waals surface area (Å²) >= 11 is 0. The summed E-state index contributed by atoms with van der Waals surface area (Å²) in [4.78, 5) is 0. The lowest BCUT2D eigenvalue weighted by Gasteiger charge is -2.15. The average molecular weight is 277 g/mol. The highest BCUT2D eigenvalue weighted by molar-refractivity contribution is 7.89. The molecule has 7 nitrogen and oxygen atoms in total.